The van der Waals surface area contributed by atoms with Gasteiger partial charge < -0.3 is 5.32 Å². The number of aryl methyl sites for hydroxylation is 1. The van der Waals surface area contributed by atoms with E-state index in [1.807, 2.05) is 24.8 Å². The first kappa shape index (κ1) is 10.9. The minimum Gasteiger partial charge on any atom is -0.316 e. The molecule has 1 aromatic heterocycles. The van der Waals surface area contributed by atoms with Gasteiger partial charge in [0.25, 0.3) is 0 Å². The summed E-state index contributed by atoms with van der Waals surface area (Å²) in [6.45, 7) is 4.31. The van der Waals surface area contributed by atoms with Crippen LogP contribution in [0.5, 0.6) is 0 Å². The summed E-state index contributed by atoms with van der Waals surface area (Å²) in [5.74, 6) is 1.96. The van der Waals surface area contributed by atoms with Crippen molar-refractivity contribution in [3.05, 3.63) is 17.8 Å². The number of nitrogens with one attached hydrogen (secondary N) is 1. The third kappa shape index (κ3) is 3.47. The van der Waals surface area contributed by atoms with Gasteiger partial charge in [0.1, 0.15) is 5.03 Å². The maximum Gasteiger partial charge on any atom is 0.119 e. The molecule has 2 heterocycles. The summed E-state index contributed by atoms with van der Waals surface area (Å²) in [5, 5.41) is 12.7. The van der Waals surface area contributed by atoms with E-state index in [2.05, 4.69) is 21.6 Å². The van der Waals surface area contributed by atoms with Crippen LogP contribution in [0, 0.1) is 12.8 Å². The second-order valence-electron chi connectivity index (χ2n) is 4.04. The highest BCUT2D eigenvalue weighted by atomic mass is 32.2. The Kier molecular flexibility index (Phi) is 3.97. The Morgan fingerprint density at radius 1 is 1.47 bits per heavy atom. The van der Waals surface area contributed by atoms with Gasteiger partial charge in [-0.15, -0.1) is 16.9 Å². The van der Waals surface area contributed by atoms with Crippen molar-refractivity contribution in [3.8, 4) is 0 Å². The van der Waals surface area contributed by atoms with E-state index >= 15 is 0 Å². The maximum atomic E-state index is 4.16. The van der Waals surface area contributed by atoms with Crippen LogP contribution in [-0.2, 0) is 0 Å². The SMILES string of the molecule is Cc1ccc(SC[C@H]2CCCNC2)nn1. The van der Waals surface area contributed by atoms with E-state index in [1.54, 1.807) is 0 Å². The third-order valence-electron chi connectivity index (χ3n) is 2.64. The summed E-state index contributed by atoms with van der Waals surface area (Å²) in [5.41, 5.74) is 0.985. The summed E-state index contributed by atoms with van der Waals surface area (Å²) in [6.07, 6.45) is 2.66. The maximum absolute atomic E-state index is 4.16. The molecule has 1 N–H and O–H groups in total. The molecule has 0 saturated carbocycles. The second kappa shape index (κ2) is 5.47. The molecule has 0 radical (unpaired) electrons. The number of hydrogen-bond donors (Lipinski definition) is 1. The molecule has 1 aliphatic rings. The smallest absolute Gasteiger partial charge is 0.119 e. The Morgan fingerprint density at radius 3 is 3.07 bits per heavy atom. The van der Waals surface area contributed by atoms with Gasteiger partial charge in [-0.3, -0.25) is 0 Å². The summed E-state index contributed by atoms with van der Waals surface area (Å²) in [7, 11) is 0. The number of aromatic nitrogens is 2. The molecule has 15 heavy (non-hydrogen) atoms. The fourth-order valence-electron chi connectivity index (χ4n) is 1.73. The van der Waals surface area contributed by atoms with Crippen molar-refractivity contribution in [2.24, 2.45) is 5.92 Å². The molecule has 1 aliphatic heterocycles. The number of piperidine rings is 1. The van der Waals surface area contributed by atoms with Gasteiger partial charge >= 0.3 is 0 Å². The van der Waals surface area contributed by atoms with Crippen LogP contribution in [0.3, 0.4) is 0 Å². The van der Waals surface area contributed by atoms with E-state index in [-0.39, 0.29) is 0 Å². The summed E-state index contributed by atoms with van der Waals surface area (Å²) >= 11 is 1.82. The van der Waals surface area contributed by atoms with Crippen LogP contribution in [0.2, 0.25) is 0 Å². The van der Waals surface area contributed by atoms with Gasteiger partial charge in [-0.05, 0) is 50.9 Å². The van der Waals surface area contributed by atoms with Crippen LogP contribution in [0.25, 0.3) is 0 Å². The first-order valence-electron chi connectivity index (χ1n) is 5.48. The lowest BCUT2D eigenvalue weighted by molar-refractivity contribution is 0.410. The number of hydrogen-bond acceptors (Lipinski definition) is 4. The van der Waals surface area contributed by atoms with E-state index in [1.165, 1.54) is 19.4 Å². The van der Waals surface area contributed by atoms with E-state index in [9.17, 15) is 0 Å². The monoisotopic (exact) mass is 223 g/mol. The Balaban J connectivity index is 1.79. The van der Waals surface area contributed by atoms with Crippen LogP contribution in [-0.4, -0.2) is 29.0 Å². The molecule has 2 rings (SSSR count). The topological polar surface area (TPSA) is 37.8 Å². The van der Waals surface area contributed by atoms with Gasteiger partial charge in [0.05, 0.1) is 5.69 Å². The number of rotatable bonds is 3. The van der Waals surface area contributed by atoms with Crippen LogP contribution in [0.15, 0.2) is 17.2 Å². The first-order valence-corrected chi connectivity index (χ1v) is 6.47. The number of thioether (sulfide) groups is 1. The molecule has 0 bridgehead atoms. The van der Waals surface area contributed by atoms with Gasteiger partial charge in [0.15, 0.2) is 0 Å². The summed E-state index contributed by atoms with van der Waals surface area (Å²) in [6, 6.07) is 4.08. The van der Waals surface area contributed by atoms with Gasteiger partial charge in [-0.1, -0.05) is 0 Å². The van der Waals surface area contributed by atoms with Crippen molar-refractivity contribution in [3.63, 3.8) is 0 Å². The largest absolute Gasteiger partial charge is 0.316 e. The molecule has 1 fully saturated rings. The molecule has 1 atom stereocenters. The average Bonchev–Trinajstić information content (AvgIpc) is 2.30. The Morgan fingerprint density at radius 2 is 2.40 bits per heavy atom. The van der Waals surface area contributed by atoms with Crippen LogP contribution >= 0.6 is 11.8 Å². The zero-order valence-electron chi connectivity index (χ0n) is 9.07. The Hall–Kier alpha value is -0.610. The van der Waals surface area contributed by atoms with Gasteiger partial charge in [0.2, 0.25) is 0 Å². The van der Waals surface area contributed by atoms with Crippen LogP contribution in [0.1, 0.15) is 18.5 Å². The van der Waals surface area contributed by atoms with Gasteiger partial charge in [-0.25, -0.2) is 0 Å². The van der Waals surface area contributed by atoms with Gasteiger partial charge in [0, 0.05) is 5.75 Å². The molecule has 0 amide bonds. The zero-order valence-corrected chi connectivity index (χ0v) is 9.89. The minimum absolute atomic E-state index is 0.798. The van der Waals surface area contributed by atoms with E-state index in [0.29, 0.717) is 0 Å². The Bertz CT molecular complexity index is 293. The lowest BCUT2D eigenvalue weighted by atomic mass is 10.0. The van der Waals surface area contributed by atoms with Crippen molar-refractivity contribution >= 4 is 11.8 Å². The van der Waals surface area contributed by atoms with Crippen molar-refractivity contribution in [2.45, 2.75) is 24.8 Å². The van der Waals surface area contributed by atoms with Crippen LogP contribution < -0.4 is 5.32 Å². The van der Waals surface area contributed by atoms with E-state index in [4.69, 9.17) is 0 Å². The zero-order chi connectivity index (χ0) is 10.5. The van der Waals surface area contributed by atoms with E-state index < -0.39 is 0 Å². The molecular formula is C11H17N3S. The van der Waals surface area contributed by atoms with Crippen molar-refractivity contribution < 1.29 is 0 Å². The third-order valence-corrected chi connectivity index (χ3v) is 3.79. The normalized spacial score (nSPS) is 21.5. The second-order valence-corrected chi connectivity index (χ2v) is 5.08. The number of nitrogens with zero attached hydrogens (tertiary/aromatic N) is 2. The standard InChI is InChI=1S/C11H17N3S/c1-9-4-5-11(14-13-9)15-8-10-3-2-6-12-7-10/h4-5,10,12H,2-3,6-8H2,1H3/t10-/m0/s1. The fraction of sp³-hybridized carbons (Fsp3) is 0.636. The van der Waals surface area contributed by atoms with E-state index in [0.717, 1.165) is 28.9 Å². The summed E-state index contributed by atoms with van der Waals surface area (Å²) in [4.78, 5) is 0. The molecule has 4 heteroatoms. The first-order chi connectivity index (χ1) is 7.34. The molecule has 82 valence electrons. The predicted octanol–water partition coefficient (Wildman–Crippen LogP) is 1.88. The van der Waals surface area contributed by atoms with Crippen molar-refractivity contribution in [1.29, 1.82) is 0 Å². The fourth-order valence-corrected chi connectivity index (χ4v) is 2.69. The Labute approximate surface area is 95.1 Å². The minimum atomic E-state index is 0.798. The molecule has 0 spiro atoms. The van der Waals surface area contributed by atoms with Crippen molar-refractivity contribution in [2.75, 3.05) is 18.8 Å². The lowest BCUT2D eigenvalue weighted by Crippen LogP contribution is -2.30. The van der Waals surface area contributed by atoms with Crippen molar-refractivity contribution in [1.82, 2.24) is 15.5 Å². The molecule has 1 saturated heterocycles. The molecule has 3 nitrogen and oxygen atoms in total. The highest BCUT2D eigenvalue weighted by molar-refractivity contribution is 7.99. The highest BCUT2D eigenvalue weighted by Gasteiger charge is 2.13. The molecule has 0 aliphatic carbocycles. The molecule has 0 aromatic carbocycles. The van der Waals surface area contributed by atoms with Crippen LogP contribution in [0.4, 0.5) is 0 Å². The lowest BCUT2D eigenvalue weighted by Gasteiger charge is -2.21. The van der Waals surface area contributed by atoms with Gasteiger partial charge in [-0.2, -0.15) is 5.10 Å². The molecule has 1 aromatic rings. The predicted molar refractivity (Wildman–Crippen MR) is 63.1 cm³/mol. The average molecular weight is 223 g/mol. The molecular weight excluding hydrogens is 206 g/mol. The summed E-state index contributed by atoms with van der Waals surface area (Å²) < 4.78 is 0. The quantitative estimate of drug-likeness (QED) is 0.794. The highest BCUT2D eigenvalue weighted by Crippen LogP contribution is 2.21. The molecule has 0 unspecified atom stereocenters.